The first-order valence-corrected chi connectivity index (χ1v) is 11.8. The fraction of sp³-hybridized carbons (Fsp3) is 0. The lowest BCUT2D eigenvalue weighted by atomic mass is 10.2. The van der Waals surface area contributed by atoms with Crippen molar-refractivity contribution in [3.05, 3.63) is 85.7 Å². The Morgan fingerprint density at radius 2 is 1.29 bits per heavy atom. The minimum absolute atomic E-state index is 0.0288. The molecule has 28 heavy (non-hydrogen) atoms. The molecule has 5 nitrogen and oxygen atoms in total. The van der Waals surface area contributed by atoms with Crippen molar-refractivity contribution >= 4 is 75.1 Å². The van der Waals surface area contributed by atoms with E-state index in [1.165, 1.54) is 12.1 Å². The number of halogens is 3. The molecule has 0 aliphatic carbocycles. The lowest BCUT2D eigenvalue weighted by Gasteiger charge is -2.12. The molecule has 0 aliphatic rings. The number of sulfonamides is 1. The maximum Gasteiger partial charge on any atom is 0.263 e. The number of amides is 1. The Morgan fingerprint density at radius 3 is 1.86 bits per heavy atom. The summed E-state index contributed by atoms with van der Waals surface area (Å²) in [5.41, 5.74) is 1.25. The minimum atomic E-state index is -3.89. The van der Waals surface area contributed by atoms with Gasteiger partial charge >= 0.3 is 0 Å². The van der Waals surface area contributed by atoms with Crippen LogP contribution in [0.25, 0.3) is 0 Å². The Morgan fingerprint density at radius 1 is 0.750 bits per heavy atom. The number of nitrogens with one attached hydrogen (secondary N) is 2. The molecule has 3 aromatic carbocycles. The molecule has 0 aliphatic heterocycles. The molecule has 0 aromatic heterocycles. The van der Waals surface area contributed by atoms with E-state index in [0.29, 0.717) is 15.8 Å². The third kappa shape index (κ3) is 5.22. The molecule has 0 heterocycles. The van der Waals surface area contributed by atoms with Crippen LogP contribution in [0.1, 0.15) is 10.4 Å². The van der Waals surface area contributed by atoms with Gasteiger partial charge in [0.2, 0.25) is 0 Å². The maximum atomic E-state index is 12.8. The maximum absolute atomic E-state index is 12.8. The summed E-state index contributed by atoms with van der Waals surface area (Å²) < 4.78 is 30.2. The van der Waals surface area contributed by atoms with Gasteiger partial charge in [0.05, 0.1) is 0 Å². The molecule has 0 atom stereocenters. The first kappa shape index (κ1) is 21.0. The van der Waals surface area contributed by atoms with Crippen LogP contribution in [0.2, 0.25) is 0 Å². The van der Waals surface area contributed by atoms with E-state index in [4.69, 9.17) is 0 Å². The van der Waals surface area contributed by atoms with Gasteiger partial charge in [-0.05, 0) is 82.7 Å². The molecular formula is C19H13Br3N2O3S. The third-order valence-corrected chi connectivity index (χ3v) is 7.11. The van der Waals surface area contributed by atoms with Crippen molar-refractivity contribution in [2.75, 3.05) is 10.0 Å². The number of benzene rings is 3. The summed E-state index contributed by atoms with van der Waals surface area (Å²) in [5.74, 6) is -0.407. The Balaban J connectivity index is 1.86. The van der Waals surface area contributed by atoms with Crippen LogP contribution >= 0.6 is 47.8 Å². The van der Waals surface area contributed by atoms with Gasteiger partial charge in [-0.3, -0.25) is 9.52 Å². The predicted octanol–water partition coefficient (Wildman–Crippen LogP) is 6.03. The monoisotopic (exact) mass is 586 g/mol. The van der Waals surface area contributed by atoms with Gasteiger partial charge in [-0.25, -0.2) is 8.42 Å². The number of hydrogen-bond donors (Lipinski definition) is 2. The molecule has 0 unspecified atom stereocenters. The molecule has 1 amide bonds. The van der Waals surface area contributed by atoms with Gasteiger partial charge in [-0.1, -0.05) is 31.9 Å². The Labute approximate surface area is 188 Å². The standard InChI is InChI=1S/C19H13Br3N2O3S/c20-13-2-6-15(7-3-13)23-19(25)12-1-10-17(22)18(11-12)28(26,27)24-16-8-4-14(21)5-9-16/h1-11,24H,(H,23,25). The quantitative estimate of drug-likeness (QED) is 0.382. The van der Waals surface area contributed by atoms with Gasteiger partial charge in [0.25, 0.3) is 15.9 Å². The van der Waals surface area contributed by atoms with Gasteiger partial charge in [-0.2, -0.15) is 0 Å². The largest absolute Gasteiger partial charge is 0.322 e. The van der Waals surface area contributed by atoms with Crippen molar-refractivity contribution in [1.29, 1.82) is 0 Å². The summed E-state index contributed by atoms with van der Waals surface area (Å²) >= 11 is 9.89. The third-order valence-electron chi connectivity index (χ3n) is 3.68. The molecule has 0 spiro atoms. The molecule has 0 bridgehead atoms. The number of anilines is 2. The van der Waals surface area contributed by atoms with Crippen molar-refractivity contribution in [3.8, 4) is 0 Å². The Kier molecular flexibility index (Phi) is 6.59. The minimum Gasteiger partial charge on any atom is -0.322 e. The molecule has 0 fully saturated rings. The van der Waals surface area contributed by atoms with E-state index in [9.17, 15) is 13.2 Å². The second kappa shape index (κ2) is 8.77. The van der Waals surface area contributed by atoms with Gasteiger partial charge in [0, 0.05) is 30.4 Å². The molecule has 0 radical (unpaired) electrons. The number of carbonyl (C=O) groups excluding carboxylic acids is 1. The summed E-state index contributed by atoms with van der Waals surface area (Å²) in [7, 11) is -3.89. The highest BCUT2D eigenvalue weighted by Gasteiger charge is 2.20. The summed E-state index contributed by atoms with van der Waals surface area (Å²) in [6.07, 6.45) is 0. The normalized spacial score (nSPS) is 11.1. The lowest BCUT2D eigenvalue weighted by Crippen LogP contribution is -2.16. The molecule has 0 saturated heterocycles. The molecular weight excluding hydrogens is 576 g/mol. The summed E-state index contributed by atoms with van der Waals surface area (Å²) in [4.78, 5) is 12.5. The average Bonchev–Trinajstić information content (AvgIpc) is 2.65. The average molecular weight is 589 g/mol. The van der Waals surface area contributed by atoms with Gasteiger partial charge in [0.15, 0.2) is 0 Å². The number of hydrogen-bond acceptors (Lipinski definition) is 3. The smallest absolute Gasteiger partial charge is 0.263 e. The molecule has 0 saturated carbocycles. The van der Waals surface area contributed by atoms with E-state index >= 15 is 0 Å². The van der Waals surface area contributed by atoms with Crippen LogP contribution in [0.4, 0.5) is 11.4 Å². The molecule has 144 valence electrons. The summed E-state index contributed by atoms with van der Waals surface area (Å²) in [6.45, 7) is 0. The number of rotatable bonds is 5. The zero-order valence-corrected chi connectivity index (χ0v) is 19.7. The highest BCUT2D eigenvalue weighted by molar-refractivity contribution is 9.11. The Bertz CT molecular complexity index is 1120. The van der Waals surface area contributed by atoms with Crippen molar-refractivity contribution in [2.24, 2.45) is 0 Å². The molecule has 3 aromatic rings. The predicted molar refractivity (Wildman–Crippen MR) is 121 cm³/mol. The first-order chi connectivity index (χ1) is 13.2. The van der Waals surface area contributed by atoms with E-state index in [-0.39, 0.29) is 10.5 Å². The lowest BCUT2D eigenvalue weighted by molar-refractivity contribution is 0.102. The van der Waals surface area contributed by atoms with Crippen molar-refractivity contribution < 1.29 is 13.2 Å². The highest BCUT2D eigenvalue weighted by atomic mass is 79.9. The van der Waals surface area contributed by atoms with Crippen molar-refractivity contribution in [1.82, 2.24) is 0 Å². The van der Waals surface area contributed by atoms with Crippen LogP contribution < -0.4 is 10.0 Å². The van der Waals surface area contributed by atoms with Crippen LogP contribution in [0.5, 0.6) is 0 Å². The second-order valence-corrected chi connectivity index (χ2v) is 10.1. The van der Waals surface area contributed by atoms with Crippen LogP contribution in [0.3, 0.4) is 0 Å². The van der Waals surface area contributed by atoms with Crippen molar-refractivity contribution in [3.63, 3.8) is 0 Å². The molecule has 9 heteroatoms. The van der Waals surface area contributed by atoms with Gasteiger partial charge in [0.1, 0.15) is 4.90 Å². The SMILES string of the molecule is O=C(Nc1ccc(Br)cc1)c1ccc(Br)c(S(=O)(=O)Nc2ccc(Br)cc2)c1. The topological polar surface area (TPSA) is 75.3 Å². The molecule has 3 rings (SSSR count). The fourth-order valence-electron chi connectivity index (χ4n) is 2.32. The highest BCUT2D eigenvalue weighted by Crippen LogP contribution is 2.26. The van der Waals surface area contributed by atoms with Gasteiger partial charge < -0.3 is 5.32 Å². The van der Waals surface area contributed by atoms with Crippen LogP contribution in [-0.4, -0.2) is 14.3 Å². The fourth-order valence-corrected chi connectivity index (χ4v) is 4.89. The number of carbonyl (C=O) groups is 1. The second-order valence-electron chi connectivity index (χ2n) is 5.72. The van der Waals surface area contributed by atoms with E-state index in [1.807, 2.05) is 0 Å². The molecule has 2 N–H and O–H groups in total. The van der Waals surface area contributed by atoms with Crippen LogP contribution in [0.15, 0.2) is 85.0 Å². The van der Waals surface area contributed by atoms with Gasteiger partial charge in [-0.15, -0.1) is 0 Å². The van der Waals surface area contributed by atoms with E-state index in [2.05, 4.69) is 57.8 Å². The summed E-state index contributed by atoms with van der Waals surface area (Å²) in [5, 5.41) is 2.74. The van der Waals surface area contributed by atoms with E-state index < -0.39 is 15.9 Å². The summed E-state index contributed by atoms with van der Waals surface area (Å²) in [6, 6.07) is 18.2. The van der Waals surface area contributed by atoms with E-state index in [0.717, 1.165) is 8.95 Å². The van der Waals surface area contributed by atoms with Crippen LogP contribution in [-0.2, 0) is 10.0 Å². The van der Waals surface area contributed by atoms with Crippen LogP contribution in [0, 0.1) is 0 Å². The zero-order valence-electron chi connectivity index (χ0n) is 14.1. The zero-order chi connectivity index (χ0) is 20.3. The Hall–Kier alpha value is -1.68. The van der Waals surface area contributed by atoms with Crippen molar-refractivity contribution in [2.45, 2.75) is 4.90 Å². The van der Waals surface area contributed by atoms with E-state index in [1.54, 1.807) is 54.6 Å². The first-order valence-electron chi connectivity index (χ1n) is 7.89.